The molecule has 158 valence electrons. The molecule has 0 radical (unpaired) electrons. The van der Waals surface area contributed by atoms with Crippen molar-refractivity contribution in [3.8, 4) is 5.75 Å². The van der Waals surface area contributed by atoms with Crippen LogP contribution in [0.25, 0.3) is 10.9 Å². The van der Waals surface area contributed by atoms with E-state index in [1.54, 1.807) is 13.1 Å². The molecule has 3 rings (SSSR count). The maximum absolute atomic E-state index is 12.1. The van der Waals surface area contributed by atoms with Gasteiger partial charge in [-0.2, -0.15) is 4.98 Å². The fourth-order valence-electron chi connectivity index (χ4n) is 2.99. The van der Waals surface area contributed by atoms with E-state index in [4.69, 9.17) is 14.6 Å². The monoisotopic (exact) mass is 412 g/mol. The Balaban J connectivity index is 0.00000101. The topological polar surface area (TPSA) is 134 Å². The zero-order valence-corrected chi connectivity index (χ0v) is 16.8. The molecule has 30 heavy (non-hydrogen) atoms. The normalized spacial score (nSPS) is 10.1. The largest absolute Gasteiger partial charge is 0.489 e. The Kier molecular flexibility index (Phi) is 8.49. The molecule has 3 aromatic rings. The van der Waals surface area contributed by atoms with Gasteiger partial charge in [-0.15, -0.1) is 0 Å². The summed E-state index contributed by atoms with van der Waals surface area (Å²) >= 11 is 0. The molecule has 9 nitrogen and oxygen atoms in total. The van der Waals surface area contributed by atoms with Crippen molar-refractivity contribution in [2.75, 3.05) is 13.2 Å². The lowest BCUT2D eigenvalue weighted by atomic mass is 10.1. The number of para-hydroxylation sites is 1. The summed E-state index contributed by atoms with van der Waals surface area (Å²) in [5.41, 5.74) is 2.77. The third-order valence-electron chi connectivity index (χ3n) is 4.33. The number of rotatable bonds is 7. The van der Waals surface area contributed by atoms with Gasteiger partial charge in [-0.05, 0) is 38.0 Å². The third-order valence-corrected chi connectivity index (χ3v) is 4.33. The fraction of sp³-hybridized carbons (Fsp3) is 0.286. The lowest BCUT2D eigenvalue weighted by molar-refractivity contribution is -0.123. The molecule has 0 atom stereocenters. The number of amides is 1. The molecule has 2 aromatic heterocycles. The van der Waals surface area contributed by atoms with E-state index >= 15 is 0 Å². The molecule has 0 bridgehead atoms. The molecule has 0 saturated heterocycles. The Morgan fingerprint density at radius 2 is 2.00 bits per heavy atom. The second kappa shape index (κ2) is 11.3. The van der Waals surface area contributed by atoms with E-state index in [1.807, 2.05) is 37.3 Å². The molecule has 2 heterocycles. The quantitative estimate of drug-likeness (QED) is 0.398. The molecule has 3 N–H and O–H groups in total. The number of carbonyl (C=O) groups is 2. The van der Waals surface area contributed by atoms with E-state index in [9.17, 15) is 9.59 Å². The van der Waals surface area contributed by atoms with Crippen LogP contribution in [0.5, 0.6) is 5.75 Å². The van der Waals surface area contributed by atoms with Crippen LogP contribution in [0.3, 0.4) is 0 Å². The molecule has 1 aromatic carbocycles. The molecule has 0 saturated carbocycles. The number of aromatic nitrogens is 3. The Morgan fingerprint density at radius 3 is 2.73 bits per heavy atom. The van der Waals surface area contributed by atoms with Crippen molar-refractivity contribution in [2.24, 2.45) is 0 Å². The summed E-state index contributed by atoms with van der Waals surface area (Å²) in [4.78, 5) is 42.6. The first kappa shape index (κ1) is 22.5. The van der Waals surface area contributed by atoms with Crippen LogP contribution in [-0.2, 0) is 16.0 Å². The Morgan fingerprint density at radius 1 is 1.27 bits per heavy atom. The minimum Gasteiger partial charge on any atom is -0.489 e. The van der Waals surface area contributed by atoms with Crippen molar-refractivity contribution < 1.29 is 19.4 Å². The number of aromatic amines is 1. The molecule has 0 spiro atoms. The van der Waals surface area contributed by atoms with Crippen LogP contribution in [0.1, 0.15) is 23.4 Å². The van der Waals surface area contributed by atoms with Gasteiger partial charge in [0.1, 0.15) is 17.9 Å². The van der Waals surface area contributed by atoms with Gasteiger partial charge in [0, 0.05) is 29.4 Å². The van der Waals surface area contributed by atoms with Gasteiger partial charge in [0.05, 0.1) is 6.54 Å². The summed E-state index contributed by atoms with van der Waals surface area (Å²) in [5, 5.41) is 10.7. The Labute approximate surface area is 173 Å². The summed E-state index contributed by atoms with van der Waals surface area (Å²) in [6, 6.07) is 9.62. The lowest BCUT2D eigenvalue weighted by Crippen LogP contribution is -2.28. The van der Waals surface area contributed by atoms with Gasteiger partial charge in [-0.25, -0.2) is 4.79 Å². The van der Waals surface area contributed by atoms with E-state index in [0.29, 0.717) is 37.4 Å². The first-order chi connectivity index (χ1) is 14.5. The van der Waals surface area contributed by atoms with Gasteiger partial charge in [0.15, 0.2) is 0 Å². The fourth-order valence-corrected chi connectivity index (χ4v) is 2.99. The molecule has 0 aliphatic carbocycles. The molecule has 0 aliphatic heterocycles. The van der Waals surface area contributed by atoms with Crippen LogP contribution >= 0.6 is 0 Å². The first-order valence-electron chi connectivity index (χ1n) is 9.33. The third kappa shape index (κ3) is 6.40. The number of nitrogens with zero attached hydrogens (tertiary/aromatic N) is 2. The minimum absolute atomic E-state index is 0.0698. The standard InChI is InChI=1S/C20H22N4O3.CH2O2/c1-13-16(14(2)24-20(26)23-13)8-9-18(25)21-11-12-27-17-7-3-5-15-6-4-10-22-19(15)17;2-1-3/h3-7,10H,8-9,11-12H2,1-2H3,(H,21,25)(H,23,24,26);1H,(H,2,3). The molecular formula is C21H24N4O5. The van der Waals surface area contributed by atoms with Crippen LogP contribution in [-0.4, -0.2) is 45.6 Å². The average molecular weight is 412 g/mol. The Hall–Kier alpha value is -3.75. The maximum Gasteiger partial charge on any atom is 0.345 e. The highest BCUT2D eigenvalue weighted by Gasteiger charge is 2.09. The maximum atomic E-state index is 12.1. The molecule has 0 aliphatic rings. The van der Waals surface area contributed by atoms with Crippen molar-refractivity contribution >= 4 is 23.3 Å². The number of fused-ring (bicyclic) bond motifs is 1. The number of hydrogen-bond acceptors (Lipinski definition) is 6. The van der Waals surface area contributed by atoms with Gasteiger partial charge < -0.3 is 20.1 Å². The SMILES string of the molecule is Cc1nc(=O)[nH]c(C)c1CCC(=O)NCCOc1cccc2cccnc12.O=CO. The predicted octanol–water partition coefficient (Wildman–Crippen LogP) is 1.76. The van der Waals surface area contributed by atoms with Crippen molar-refractivity contribution in [2.45, 2.75) is 26.7 Å². The second-order valence-corrected chi connectivity index (χ2v) is 6.37. The van der Waals surface area contributed by atoms with E-state index < -0.39 is 0 Å². The summed E-state index contributed by atoms with van der Waals surface area (Å²) in [6.45, 7) is 4.11. The van der Waals surface area contributed by atoms with Crippen LogP contribution in [0, 0.1) is 13.8 Å². The molecule has 1 amide bonds. The minimum atomic E-state index is -0.363. The van der Waals surface area contributed by atoms with Crippen molar-refractivity contribution in [1.29, 1.82) is 0 Å². The molecule has 0 fully saturated rings. The number of benzene rings is 1. The zero-order valence-electron chi connectivity index (χ0n) is 16.8. The Bertz CT molecular complexity index is 1030. The first-order valence-corrected chi connectivity index (χ1v) is 9.33. The number of aryl methyl sites for hydroxylation is 2. The molecule has 9 heteroatoms. The number of pyridine rings is 1. The number of ether oxygens (including phenoxy) is 1. The van der Waals surface area contributed by atoms with Crippen molar-refractivity contribution in [1.82, 2.24) is 20.3 Å². The van der Waals surface area contributed by atoms with E-state index in [1.165, 1.54) is 0 Å². The summed E-state index contributed by atoms with van der Waals surface area (Å²) in [7, 11) is 0. The number of carboxylic acid groups (broad SMARTS) is 1. The summed E-state index contributed by atoms with van der Waals surface area (Å²) < 4.78 is 5.76. The van der Waals surface area contributed by atoms with Crippen LogP contribution in [0.4, 0.5) is 0 Å². The van der Waals surface area contributed by atoms with E-state index in [2.05, 4.69) is 20.3 Å². The van der Waals surface area contributed by atoms with Crippen LogP contribution in [0.2, 0.25) is 0 Å². The lowest BCUT2D eigenvalue weighted by Gasteiger charge is -2.10. The smallest absolute Gasteiger partial charge is 0.345 e. The predicted molar refractivity (Wildman–Crippen MR) is 112 cm³/mol. The van der Waals surface area contributed by atoms with E-state index in [-0.39, 0.29) is 18.1 Å². The van der Waals surface area contributed by atoms with Crippen molar-refractivity contribution in [3.63, 3.8) is 0 Å². The zero-order chi connectivity index (χ0) is 21.9. The number of H-pyrrole nitrogens is 1. The number of hydrogen-bond donors (Lipinski definition) is 3. The summed E-state index contributed by atoms with van der Waals surface area (Å²) in [6.07, 6.45) is 2.58. The van der Waals surface area contributed by atoms with Crippen LogP contribution in [0.15, 0.2) is 41.3 Å². The highest BCUT2D eigenvalue weighted by molar-refractivity contribution is 5.84. The number of nitrogens with one attached hydrogen (secondary N) is 2. The van der Waals surface area contributed by atoms with Crippen molar-refractivity contribution in [3.05, 3.63) is 64.0 Å². The van der Waals surface area contributed by atoms with Crippen LogP contribution < -0.4 is 15.7 Å². The highest BCUT2D eigenvalue weighted by Crippen LogP contribution is 2.22. The average Bonchev–Trinajstić information content (AvgIpc) is 2.71. The molecular weight excluding hydrogens is 388 g/mol. The number of carbonyl (C=O) groups excluding carboxylic acids is 1. The van der Waals surface area contributed by atoms with Gasteiger partial charge in [0.25, 0.3) is 6.47 Å². The highest BCUT2D eigenvalue weighted by atomic mass is 16.5. The van der Waals surface area contributed by atoms with E-state index in [0.717, 1.165) is 22.2 Å². The van der Waals surface area contributed by atoms with Gasteiger partial charge >= 0.3 is 5.69 Å². The van der Waals surface area contributed by atoms with Gasteiger partial charge in [-0.3, -0.25) is 14.6 Å². The molecule has 0 unspecified atom stereocenters. The van der Waals surface area contributed by atoms with Gasteiger partial charge in [-0.1, -0.05) is 18.2 Å². The van der Waals surface area contributed by atoms with Gasteiger partial charge in [0.2, 0.25) is 5.91 Å². The second-order valence-electron chi connectivity index (χ2n) is 6.37. The summed E-state index contributed by atoms with van der Waals surface area (Å²) in [5.74, 6) is 0.632.